The molecule has 0 aromatic rings. The quantitative estimate of drug-likeness (QED) is 0.543. The van der Waals surface area contributed by atoms with Gasteiger partial charge in [0.1, 0.15) is 0 Å². The van der Waals surface area contributed by atoms with Gasteiger partial charge in [-0.2, -0.15) is 0 Å². The first-order chi connectivity index (χ1) is 8.15. The van der Waals surface area contributed by atoms with E-state index in [-0.39, 0.29) is 0 Å². The monoisotopic (exact) mass is 240 g/mol. The van der Waals surface area contributed by atoms with Crippen molar-refractivity contribution in [2.24, 2.45) is 5.92 Å². The van der Waals surface area contributed by atoms with Gasteiger partial charge in [0.2, 0.25) is 0 Å². The van der Waals surface area contributed by atoms with Crippen LogP contribution in [0.25, 0.3) is 0 Å². The van der Waals surface area contributed by atoms with Crippen LogP contribution in [0.5, 0.6) is 0 Å². The van der Waals surface area contributed by atoms with Crippen molar-refractivity contribution in [2.75, 3.05) is 32.8 Å². The van der Waals surface area contributed by atoms with Gasteiger partial charge in [0.15, 0.2) is 0 Å². The molecule has 0 aromatic carbocycles. The normalized spacial score (nSPS) is 26.4. The van der Waals surface area contributed by atoms with Crippen molar-refractivity contribution in [3.63, 3.8) is 0 Å². The van der Waals surface area contributed by atoms with Gasteiger partial charge >= 0.3 is 0 Å². The summed E-state index contributed by atoms with van der Waals surface area (Å²) >= 11 is 0. The second kappa shape index (κ2) is 7.85. The molecule has 1 rings (SSSR count). The minimum Gasteiger partial charge on any atom is -0.380 e. The molecule has 1 heterocycles. The Kier molecular flexibility index (Phi) is 6.78. The van der Waals surface area contributed by atoms with E-state index in [0.29, 0.717) is 18.0 Å². The summed E-state index contributed by atoms with van der Waals surface area (Å²) in [6.07, 6.45) is 2.86. The summed E-state index contributed by atoms with van der Waals surface area (Å²) in [6, 6.07) is 1.24. The summed E-state index contributed by atoms with van der Waals surface area (Å²) in [4.78, 5) is 2.54. The van der Waals surface area contributed by atoms with Crippen LogP contribution >= 0.6 is 0 Å². The third-order valence-electron chi connectivity index (χ3n) is 3.52. The molecule has 0 radical (unpaired) electrons. The summed E-state index contributed by atoms with van der Waals surface area (Å²) in [5.41, 5.74) is 0. The molecule has 0 aliphatic carbocycles. The molecule has 2 atom stereocenters. The third-order valence-corrected chi connectivity index (χ3v) is 3.52. The Hall–Kier alpha value is -0.380. The number of hydrogen-bond acceptors (Lipinski definition) is 3. The van der Waals surface area contributed by atoms with Crippen LogP contribution in [0, 0.1) is 5.92 Å². The maximum atomic E-state index is 5.59. The maximum Gasteiger partial charge on any atom is 0.0593 e. The molecule has 17 heavy (non-hydrogen) atoms. The van der Waals surface area contributed by atoms with Crippen LogP contribution in [0.4, 0.5) is 0 Å². The lowest BCUT2D eigenvalue weighted by Gasteiger charge is -2.40. The molecule has 1 N–H and O–H groups in total. The van der Waals surface area contributed by atoms with Crippen LogP contribution in [0.15, 0.2) is 12.7 Å². The van der Waals surface area contributed by atoms with E-state index in [4.69, 9.17) is 4.74 Å². The summed E-state index contributed by atoms with van der Waals surface area (Å²) in [6.45, 7) is 15.5. The Labute approximate surface area is 106 Å². The minimum atomic E-state index is 0.619. The highest BCUT2D eigenvalue weighted by Gasteiger charge is 2.26. The largest absolute Gasteiger partial charge is 0.380 e. The highest BCUT2D eigenvalue weighted by Crippen LogP contribution is 2.12. The zero-order chi connectivity index (χ0) is 12.7. The highest BCUT2D eigenvalue weighted by atomic mass is 16.5. The second-order valence-corrected chi connectivity index (χ2v) is 5.29. The number of hydrogen-bond donors (Lipinski definition) is 1. The van der Waals surface area contributed by atoms with Gasteiger partial charge in [-0.25, -0.2) is 0 Å². The number of rotatable bonds is 7. The predicted molar refractivity (Wildman–Crippen MR) is 73.3 cm³/mol. The summed E-state index contributed by atoms with van der Waals surface area (Å²) < 4.78 is 5.59. The molecule has 0 saturated carbocycles. The van der Waals surface area contributed by atoms with Gasteiger partial charge in [-0.3, -0.25) is 4.90 Å². The average Bonchev–Trinajstić information content (AvgIpc) is 2.30. The topological polar surface area (TPSA) is 24.5 Å². The van der Waals surface area contributed by atoms with Gasteiger partial charge < -0.3 is 10.1 Å². The van der Waals surface area contributed by atoms with Gasteiger partial charge in [0.25, 0.3) is 0 Å². The zero-order valence-corrected chi connectivity index (χ0v) is 11.6. The SMILES string of the molecule is C=CCCOCCN1CC(C(C)C)NCC1C. The molecule has 0 spiro atoms. The van der Waals surface area contributed by atoms with Crippen LogP contribution in [0.1, 0.15) is 27.2 Å². The Balaban J connectivity index is 2.22. The second-order valence-electron chi connectivity index (χ2n) is 5.29. The zero-order valence-electron chi connectivity index (χ0n) is 11.6. The van der Waals surface area contributed by atoms with E-state index in [9.17, 15) is 0 Å². The number of nitrogens with one attached hydrogen (secondary N) is 1. The van der Waals surface area contributed by atoms with E-state index >= 15 is 0 Å². The molecule has 0 aromatic heterocycles. The highest BCUT2D eigenvalue weighted by molar-refractivity contribution is 4.85. The first kappa shape index (κ1) is 14.7. The minimum absolute atomic E-state index is 0.619. The number of nitrogens with zero attached hydrogens (tertiary/aromatic N) is 1. The van der Waals surface area contributed by atoms with Crippen LogP contribution in [0.3, 0.4) is 0 Å². The maximum absolute atomic E-state index is 5.59. The molecule has 100 valence electrons. The van der Waals surface area contributed by atoms with Crippen molar-refractivity contribution < 1.29 is 4.74 Å². The fourth-order valence-electron chi connectivity index (χ4n) is 2.16. The van der Waals surface area contributed by atoms with E-state index in [1.807, 2.05) is 6.08 Å². The van der Waals surface area contributed by atoms with Crippen molar-refractivity contribution in [2.45, 2.75) is 39.3 Å². The summed E-state index contributed by atoms with van der Waals surface area (Å²) in [5.74, 6) is 0.701. The summed E-state index contributed by atoms with van der Waals surface area (Å²) in [5, 5.41) is 3.61. The van der Waals surface area contributed by atoms with E-state index in [1.165, 1.54) is 0 Å². The average molecular weight is 240 g/mol. The Morgan fingerprint density at radius 2 is 2.24 bits per heavy atom. The molecule has 1 aliphatic heterocycles. The molecule has 0 amide bonds. The first-order valence-corrected chi connectivity index (χ1v) is 6.81. The van der Waals surface area contributed by atoms with E-state index in [0.717, 1.165) is 39.3 Å². The Bertz CT molecular complexity index is 218. The van der Waals surface area contributed by atoms with Gasteiger partial charge in [-0.05, 0) is 19.3 Å². The summed E-state index contributed by atoms with van der Waals surface area (Å²) in [7, 11) is 0. The van der Waals surface area contributed by atoms with Gasteiger partial charge in [0, 0.05) is 31.7 Å². The first-order valence-electron chi connectivity index (χ1n) is 6.81. The van der Waals surface area contributed by atoms with Crippen molar-refractivity contribution in [3.8, 4) is 0 Å². The molecule has 3 heteroatoms. The molecule has 1 aliphatic rings. The van der Waals surface area contributed by atoms with Gasteiger partial charge in [0.05, 0.1) is 13.2 Å². The molecule has 2 unspecified atom stereocenters. The fourth-order valence-corrected chi connectivity index (χ4v) is 2.16. The van der Waals surface area contributed by atoms with Crippen LogP contribution in [0.2, 0.25) is 0 Å². The van der Waals surface area contributed by atoms with Crippen molar-refractivity contribution in [1.82, 2.24) is 10.2 Å². The van der Waals surface area contributed by atoms with Crippen molar-refractivity contribution in [3.05, 3.63) is 12.7 Å². The predicted octanol–water partition coefficient (Wildman–Crippen LogP) is 1.90. The van der Waals surface area contributed by atoms with Gasteiger partial charge in [-0.15, -0.1) is 6.58 Å². The number of ether oxygens (including phenoxy) is 1. The number of piperazine rings is 1. The van der Waals surface area contributed by atoms with Crippen LogP contribution < -0.4 is 5.32 Å². The van der Waals surface area contributed by atoms with E-state index in [1.54, 1.807) is 0 Å². The molecular weight excluding hydrogens is 212 g/mol. The molecule has 1 fully saturated rings. The Morgan fingerprint density at radius 1 is 1.47 bits per heavy atom. The van der Waals surface area contributed by atoms with E-state index in [2.05, 4.69) is 37.6 Å². The molecule has 3 nitrogen and oxygen atoms in total. The molecule has 1 saturated heterocycles. The lowest BCUT2D eigenvalue weighted by Crippen LogP contribution is -2.57. The smallest absolute Gasteiger partial charge is 0.0593 e. The third kappa shape index (κ3) is 5.19. The lowest BCUT2D eigenvalue weighted by molar-refractivity contribution is 0.0657. The molecule has 0 bridgehead atoms. The van der Waals surface area contributed by atoms with Crippen molar-refractivity contribution in [1.29, 1.82) is 0 Å². The Morgan fingerprint density at radius 3 is 2.88 bits per heavy atom. The van der Waals surface area contributed by atoms with Crippen LogP contribution in [-0.4, -0.2) is 49.8 Å². The lowest BCUT2D eigenvalue weighted by atomic mass is 10.00. The van der Waals surface area contributed by atoms with Crippen LogP contribution in [-0.2, 0) is 4.74 Å². The van der Waals surface area contributed by atoms with Gasteiger partial charge in [-0.1, -0.05) is 19.9 Å². The standard InChI is InChI=1S/C14H28N2O/c1-5-6-8-17-9-7-16-11-14(12(2)3)15-10-13(16)4/h5,12-15H,1,6-11H2,2-4H3. The fraction of sp³-hybridized carbons (Fsp3) is 0.857. The van der Waals surface area contributed by atoms with Crippen molar-refractivity contribution >= 4 is 0 Å². The van der Waals surface area contributed by atoms with E-state index < -0.39 is 0 Å². The molecular formula is C14H28N2O.